The lowest BCUT2D eigenvalue weighted by Crippen LogP contribution is -2.25. The van der Waals surface area contributed by atoms with Gasteiger partial charge in [0.1, 0.15) is 0 Å². The van der Waals surface area contributed by atoms with Crippen molar-refractivity contribution in [3.63, 3.8) is 0 Å². The minimum absolute atomic E-state index is 0.446. The molecule has 0 N–H and O–H groups in total. The highest BCUT2D eigenvalue weighted by Gasteiger charge is 2.51. The van der Waals surface area contributed by atoms with Crippen LogP contribution in [-0.2, 0) is 5.41 Å². The Hall–Kier alpha value is -8.11. The minimum Gasteiger partial charge on any atom is -0.309 e. The van der Waals surface area contributed by atoms with Gasteiger partial charge in [-0.3, -0.25) is 0 Å². The zero-order chi connectivity index (χ0) is 42.4. The lowest BCUT2D eigenvalue weighted by atomic mass is 9.70. The predicted molar refractivity (Wildman–Crippen MR) is 274 cm³/mol. The molecule has 0 radical (unpaired) electrons. The van der Waals surface area contributed by atoms with Crippen LogP contribution in [-0.4, -0.2) is 9.55 Å². The van der Waals surface area contributed by atoms with Crippen molar-refractivity contribution in [3.05, 3.63) is 241 Å². The summed E-state index contributed by atoms with van der Waals surface area (Å²) >= 11 is 1.90. The zero-order valence-corrected chi connectivity index (χ0v) is 35.9. The van der Waals surface area contributed by atoms with Gasteiger partial charge in [-0.2, -0.15) is 0 Å². The Morgan fingerprint density at radius 3 is 1.71 bits per heavy atom. The molecule has 300 valence electrons. The van der Waals surface area contributed by atoms with Crippen LogP contribution in [0.3, 0.4) is 0 Å². The van der Waals surface area contributed by atoms with E-state index in [0.717, 1.165) is 22.5 Å². The zero-order valence-electron chi connectivity index (χ0n) is 35.1. The van der Waals surface area contributed by atoms with Gasteiger partial charge in [-0.1, -0.05) is 164 Å². The fourth-order valence-corrected chi connectivity index (χ4v) is 13.2. The number of hydrogen-bond donors (Lipinski definition) is 0. The van der Waals surface area contributed by atoms with E-state index < -0.39 is 5.41 Å². The molecule has 0 aliphatic heterocycles. The van der Waals surface area contributed by atoms with Crippen LogP contribution in [0.2, 0.25) is 0 Å². The van der Waals surface area contributed by atoms with Crippen LogP contribution in [0.4, 0.5) is 0 Å². The maximum absolute atomic E-state index is 5.69. The van der Waals surface area contributed by atoms with Crippen LogP contribution in [0.5, 0.6) is 0 Å². The van der Waals surface area contributed by atoms with Crippen LogP contribution < -0.4 is 0 Å². The lowest BCUT2D eigenvalue weighted by molar-refractivity contribution is 0.794. The van der Waals surface area contributed by atoms with Crippen molar-refractivity contribution in [2.75, 3.05) is 0 Å². The van der Waals surface area contributed by atoms with Crippen LogP contribution in [0.25, 0.3) is 114 Å². The molecule has 0 saturated carbocycles. The molecule has 3 heteroatoms. The molecule has 0 saturated heterocycles. The number of hydrogen-bond acceptors (Lipinski definition) is 2. The van der Waals surface area contributed by atoms with Crippen molar-refractivity contribution < 1.29 is 0 Å². The fourth-order valence-electron chi connectivity index (χ4n) is 12.0. The highest BCUT2D eigenvalue weighted by molar-refractivity contribution is 7.26. The first-order chi connectivity index (χ1) is 32.3. The first-order valence-corrected chi connectivity index (χ1v) is 23.3. The van der Waals surface area contributed by atoms with E-state index in [4.69, 9.17) is 4.98 Å². The van der Waals surface area contributed by atoms with Gasteiger partial charge < -0.3 is 4.57 Å². The summed E-state index contributed by atoms with van der Waals surface area (Å²) in [5, 5.41) is 8.68. The van der Waals surface area contributed by atoms with Gasteiger partial charge in [-0.05, 0) is 105 Å². The Labute approximate surface area is 378 Å². The number of rotatable bonds is 3. The molecule has 2 nitrogen and oxygen atoms in total. The Bertz CT molecular complexity index is 4130. The van der Waals surface area contributed by atoms with Gasteiger partial charge in [0.25, 0.3) is 0 Å². The number of para-hydroxylation sites is 3. The average molecular weight is 841 g/mol. The van der Waals surface area contributed by atoms with Crippen molar-refractivity contribution in [1.29, 1.82) is 0 Å². The highest BCUT2D eigenvalue weighted by Crippen LogP contribution is 2.63. The Kier molecular flexibility index (Phi) is 7.06. The molecular weight excluding hydrogens is 805 g/mol. The number of pyridine rings is 1. The van der Waals surface area contributed by atoms with Gasteiger partial charge in [0.05, 0.1) is 27.7 Å². The van der Waals surface area contributed by atoms with Crippen LogP contribution in [0.1, 0.15) is 22.3 Å². The Balaban J connectivity index is 1.05. The molecule has 3 aromatic heterocycles. The van der Waals surface area contributed by atoms with Crippen molar-refractivity contribution in [2.45, 2.75) is 5.41 Å². The van der Waals surface area contributed by atoms with Crippen molar-refractivity contribution >= 4 is 75.0 Å². The normalized spacial score (nSPS) is 13.4. The molecule has 2 aliphatic carbocycles. The second-order valence-corrected chi connectivity index (χ2v) is 18.7. The van der Waals surface area contributed by atoms with Gasteiger partial charge in [0.2, 0.25) is 0 Å². The minimum atomic E-state index is -0.446. The molecule has 3 heterocycles. The maximum Gasteiger partial charge on any atom is 0.0788 e. The van der Waals surface area contributed by atoms with E-state index in [0.29, 0.717) is 0 Å². The van der Waals surface area contributed by atoms with E-state index in [1.807, 2.05) is 11.3 Å². The van der Waals surface area contributed by atoms with E-state index in [1.165, 1.54) is 114 Å². The summed E-state index contributed by atoms with van der Waals surface area (Å²) < 4.78 is 4.99. The van der Waals surface area contributed by atoms with Crippen molar-refractivity contribution in [3.8, 4) is 50.3 Å². The average Bonchev–Trinajstić information content (AvgIpc) is 4.10. The number of nitrogens with zero attached hydrogens (tertiary/aromatic N) is 2. The lowest BCUT2D eigenvalue weighted by Gasteiger charge is -2.30. The molecule has 1 spiro atoms. The van der Waals surface area contributed by atoms with E-state index in [-0.39, 0.29) is 0 Å². The third-order valence-electron chi connectivity index (χ3n) is 14.6. The summed E-state index contributed by atoms with van der Waals surface area (Å²) in [6.45, 7) is 0. The second-order valence-electron chi connectivity index (χ2n) is 17.7. The molecule has 10 aromatic carbocycles. The summed E-state index contributed by atoms with van der Waals surface area (Å²) in [6.07, 6.45) is 0. The monoisotopic (exact) mass is 840 g/mol. The summed E-state index contributed by atoms with van der Waals surface area (Å²) in [5.41, 5.74) is 19.3. The summed E-state index contributed by atoms with van der Waals surface area (Å²) in [4.78, 5) is 5.69. The second kappa shape index (κ2) is 13.0. The standard InChI is InChI=1S/C62H36N2S/c1-2-16-39(17-3-1)64-55-28-14-8-21-44(55)48-34-37(31-33-56(48)64)47-36-49-58(59-46-23-9-15-29-57(46)65-61(47)59)45-22-7-13-27-54(45)63-60(49)38-30-32-43-42-20-6-12-26-52(42)62(53(43)35-38)50-24-10-4-18-40(50)41-19-5-11-25-51(41)62/h1-36H. The van der Waals surface area contributed by atoms with Gasteiger partial charge in [-0.25, -0.2) is 4.98 Å². The number of aromatic nitrogens is 2. The van der Waals surface area contributed by atoms with Crippen LogP contribution >= 0.6 is 11.3 Å². The van der Waals surface area contributed by atoms with Crippen molar-refractivity contribution in [1.82, 2.24) is 9.55 Å². The molecule has 0 unspecified atom stereocenters. The SMILES string of the molecule is c1ccc(-n2c3ccccc3c3cc(-c4cc5c(-c6ccc7c(c6)C6(c8ccccc8-c8ccccc86)c6ccccc6-7)nc6ccccc6c5c5c4sc4ccccc45)ccc32)cc1. The Morgan fingerprint density at radius 2 is 0.954 bits per heavy atom. The van der Waals surface area contributed by atoms with E-state index >= 15 is 0 Å². The summed E-state index contributed by atoms with van der Waals surface area (Å²) in [6, 6.07) is 81.2. The van der Waals surface area contributed by atoms with Crippen LogP contribution in [0.15, 0.2) is 218 Å². The number of benzene rings is 10. The first-order valence-electron chi connectivity index (χ1n) is 22.5. The van der Waals surface area contributed by atoms with Gasteiger partial charge in [-0.15, -0.1) is 11.3 Å². The molecule has 0 bridgehead atoms. The number of thiophene rings is 1. The molecular formula is C62H36N2S. The molecule has 2 aliphatic rings. The smallest absolute Gasteiger partial charge is 0.0788 e. The highest BCUT2D eigenvalue weighted by atomic mass is 32.1. The molecule has 15 rings (SSSR count). The topological polar surface area (TPSA) is 17.8 Å². The van der Waals surface area contributed by atoms with E-state index in [2.05, 4.69) is 223 Å². The maximum atomic E-state index is 5.69. The van der Waals surface area contributed by atoms with E-state index in [1.54, 1.807) is 0 Å². The quantitative estimate of drug-likeness (QED) is 0.162. The van der Waals surface area contributed by atoms with Gasteiger partial charge in [0.15, 0.2) is 0 Å². The molecule has 13 aromatic rings. The van der Waals surface area contributed by atoms with E-state index in [9.17, 15) is 0 Å². The Morgan fingerprint density at radius 1 is 0.369 bits per heavy atom. The molecule has 0 amide bonds. The largest absolute Gasteiger partial charge is 0.309 e. The summed E-state index contributed by atoms with van der Waals surface area (Å²) in [5.74, 6) is 0. The predicted octanol–water partition coefficient (Wildman–Crippen LogP) is 16.5. The third-order valence-corrected chi connectivity index (χ3v) is 15.8. The fraction of sp³-hybridized carbons (Fsp3) is 0.0161. The van der Waals surface area contributed by atoms with Gasteiger partial charge in [0, 0.05) is 63.9 Å². The first kappa shape index (κ1) is 35.4. The third kappa shape index (κ3) is 4.60. The van der Waals surface area contributed by atoms with Gasteiger partial charge >= 0.3 is 0 Å². The molecule has 0 fully saturated rings. The molecule has 65 heavy (non-hydrogen) atoms. The summed E-state index contributed by atoms with van der Waals surface area (Å²) in [7, 11) is 0. The molecule has 0 atom stereocenters. The number of fused-ring (bicyclic) bond motifs is 20. The van der Waals surface area contributed by atoms with Crippen molar-refractivity contribution in [2.24, 2.45) is 0 Å². The van der Waals surface area contributed by atoms with Crippen LogP contribution in [0, 0.1) is 0 Å².